The Kier molecular flexibility index (Phi) is 7.18. The average Bonchev–Trinajstić information content (AvgIpc) is 2.99. The van der Waals surface area contributed by atoms with Crippen LogP contribution in [0.25, 0.3) is 11.0 Å². The number of ketones is 1. The molecule has 1 saturated heterocycles. The van der Waals surface area contributed by atoms with Gasteiger partial charge in [0.05, 0.1) is 26.5 Å². The Morgan fingerprint density at radius 2 is 2.15 bits per heavy atom. The first-order valence-electron chi connectivity index (χ1n) is 11.4. The number of anilines is 2. The number of Topliss-reactive ketones (excluding diaryl/α,β-unsaturated/α-hetero) is 1. The molecule has 178 valence electrons. The van der Waals surface area contributed by atoms with E-state index < -0.39 is 0 Å². The number of rotatable bonds is 7. The molecule has 0 aliphatic carbocycles. The van der Waals surface area contributed by atoms with Crippen LogP contribution < -0.4 is 25.8 Å². The van der Waals surface area contributed by atoms with E-state index in [0.29, 0.717) is 28.9 Å². The van der Waals surface area contributed by atoms with E-state index in [1.807, 2.05) is 11.6 Å². The maximum absolute atomic E-state index is 13.7. The Balaban J connectivity index is 1.82. The second kappa shape index (κ2) is 10.4. The second-order valence-corrected chi connectivity index (χ2v) is 8.08. The van der Waals surface area contributed by atoms with Crippen LogP contribution in [0.2, 0.25) is 0 Å². The SMILES string of the molecule is CC#CCn1c(N2CCCNCC2)c(NC)c2ncn(CC(=O)c3cccc(OC)c3)c(=O)c21. The predicted molar refractivity (Wildman–Crippen MR) is 134 cm³/mol. The molecule has 4 rings (SSSR count). The van der Waals surface area contributed by atoms with Crippen LogP contribution in [0.4, 0.5) is 11.5 Å². The molecular formula is C25H30N6O3. The van der Waals surface area contributed by atoms with Crippen molar-refractivity contribution in [2.24, 2.45) is 0 Å². The lowest BCUT2D eigenvalue weighted by atomic mass is 10.1. The fraction of sp³-hybridized carbons (Fsp3) is 0.400. The van der Waals surface area contributed by atoms with E-state index in [1.54, 1.807) is 38.3 Å². The number of ether oxygens (including phenoxy) is 1. The van der Waals surface area contributed by atoms with E-state index in [1.165, 1.54) is 10.9 Å². The minimum Gasteiger partial charge on any atom is -0.497 e. The average molecular weight is 463 g/mol. The first-order valence-corrected chi connectivity index (χ1v) is 11.4. The molecule has 0 bridgehead atoms. The summed E-state index contributed by atoms with van der Waals surface area (Å²) in [5, 5.41) is 6.68. The van der Waals surface area contributed by atoms with Gasteiger partial charge in [0.2, 0.25) is 0 Å². The van der Waals surface area contributed by atoms with Gasteiger partial charge in [-0.05, 0) is 32.0 Å². The molecule has 2 aromatic heterocycles. The zero-order valence-corrected chi connectivity index (χ0v) is 19.9. The molecular weight excluding hydrogens is 432 g/mol. The minimum absolute atomic E-state index is 0.114. The molecule has 34 heavy (non-hydrogen) atoms. The number of fused-ring (bicyclic) bond motifs is 1. The Hall–Kier alpha value is -3.77. The number of benzene rings is 1. The quantitative estimate of drug-likeness (QED) is 0.410. The summed E-state index contributed by atoms with van der Waals surface area (Å²) in [5.41, 5.74) is 2.04. The van der Waals surface area contributed by atoms with Gasteiger partial charge in [-0.1, -0.05) is 18.1 Å². The number of carbonyl (C=O) groups is 1. The zero-order chi connectivity index (χ0) is 24.1. The molecule has 9 nitrogen and oxygen atoms in total. The van der Waals surface area contributed by atoms with Crippen molar-refractivity contribution < 1.29 is 9.53 Å². The highest BCUT2D eigenvalue weighted by Crippen LogP contribution is 2.35. The summed E-state index contributed by atoms with van der Waals surface area (Å²) in [5.74, 6) is 7.34. The number of aromatic nitrogens is 3. The summed E-state index contributed by atoms with van der Waals surface area (Å²) in [6, 6.07) is 6.92. The lowest BCUT2D eigenvalue weighted by Gasteiger charge is -2.25. The fourth-order valence-electron chi connectivity index (χ4n) is 4.34. The molecule has 1 fully saturated rings. The van der Waals surface area contributed by atoms with Crippen LogP contribution in [0.15, 0.2) is 35.4 Å². The molecule has 0 atom stereocenters. The van der Waals surface area contributed by atoms with Crippen LogP contribution in [0.5, 0.6) is 5.75 Å². The molecule has 2 N–H and O–H groups in total. The standard InChI is InChI=1S/C25H30N6O3/c1-4-5-13-31-23-21(22(26-2)24(31)29-12-7-10-27-11-14-29)28-17-30(25(23)33)16-20(32)18-8-6-9-19(15-18)34-3/h6,8-9,15,17,26-27H,7,10-14,16H2,1-3H3. The molecule has 0 spiro atoms. The molecule has 3 aromatic rings. The first kappa shape index (κ1) is 23.4. The van der Waals surface area contributed by atoms with E-state index >= 15 is 0 Å². The van der Waals surface area contributed by atoms with E-state index in [0.717, 1.165) is 44.1 Å². The third kappa shape index (κ3) is 4.50. The van der Waals surface area contributed by atoms with Gasteiger partial charge in [0.25, 0.3) is 5.56 Å². The largest absolute Gasteiger partial charge is 0.497 e. The molecule has 1 aliphatic heterocycles. The summed E-state index contributed by atoms with van der Waals surface area (Å²) < 4.78 is 8.52. The van der Waals surface area contributed by atoms with Gasteiger partial charge in [0.1, 0.15) is 28.3 Å². The van der Waals surface area contributed by atoms with Crippen LogP contribution >= 0.6 is 0 Å². The highest BCUT2D eigenvalue weighted by molar-refractivity contribution is 5.98. The topological polar surface area (TPSA) is 93.4 Å². The smallest absolute Gasteiger partial charge is 0.278 e. The molecule has 1 aliphatic rings. The lowest BCUT2D eigenvalue weighted by molar-refractivity contribution is 0.0970. The van der Waals surface area contributed by atoms with Crippen molar-refractivity contribution in [3.63, 3.8) is 0 Å². The summed E-state index contributed by atoms with van der Waals surface area (Å²) in [7, 11) is 3.39. The maximum Gasteiger partial charge on any atom is 0.278 e. The predicted octanol–water partition coefficient (Wildman–Crippen LogP) is 1.95. The normalized spacial score (nSPS) is 13.8. The number of nitrogens with zero attached hydrogens (tertiary/aromatic N) is 4. The van der Waals surface area contributed by atoms with Gasteiger partial charge in [0, 0.05) is 32.2 Å². The van der Waals surface area contributed by atoms with Crippen molar-refractivity contribution in [2.75, 3.05) is 50.6 Å². The molecule has 0 unspecified atom stereocenters. The first-order chi connectivity index (χ1) is 16.6. The molecule has 3 heterocycles. The van der Waals surface area contributed by atoms with Gasteiger partial charge in [-0.15, -0.1) is 5.92 Å². The molecule has 9 heteroatoms. The van der Waals surface area contributed by atoms with Gasteiger partial charge in [-0.2, -0.15) is 0 Å². The van der Waals surface area contributed by atoms with Crippen LogP contribution in [0.1, 0.15) is 23.7 Å². The number of hydrogen-bond donors (Lipinski definition) is 2. The van der Waals surface area contributed by atoms with E-state index in [9.17, 15) is 9.59 Å². The van der Waals surface area contributed by atoms with Crippen LogP contribution in [-0.4, -0.2) is 60.2 Å². The molecule has 0 amide bonds. The summed E-state index contributed by atoms with van der Waals surface area (Å²) in [6.07, 6.45) is 2.45. The Morgan fingerprint density at radius 1 is 1.29 bits per heavy atom. The van der Waals surface area contributed by atoms with Gasteiger partial charge in [-0.3, -0.25) is 14.2 Å². The van der Waals surface area contributed by atoms with Crippen LogP contribution in [-0.2, 0) is 13.1 Å². The molecule has 1 aromatic carbocycles. The van der Waals surface area contributed by atoms with Crippen LogP contribution in [0, 0.1) is 11.8 Å². The van der Waals surface area contributed by atoms with E-state index in [2.05, 4.69) is 32.4 Å². The summed E-state index contributed by atoms with van der Waals surface area (Å²) in [6.45, 7) is 5.52. The van der Waals surface area contributed by atoms with Gasteiger partial charge < -0.3 is 24.8 Å². The number of hydrogen-bond acceptors (Lipinski definition) is 7. The summed E-state index contributed by atoms with van der Waals surface area (Å²) >= 11 is 0. The van der Waals surface area contributed by atoms with Gasteiger partial charge >= 0.3 is 0 Å². The zero-order valence-electron chi connectivity index (χ0n) is 19.9. The third-order valence-electron chi connectivity index (χ3n) is 6.01. The third-order valence-corrected chi connectivity index (χ3v) is 6.01. The monoisotopic (exact) mass is 462 g/mol. The minimum atomic E-state index is -0.269. The second-order valence-electron chi connectivity index (χ2n) is 8.08. The van der Waals surface area contributed by atoms with Crippen LogP contribution in [0.3, 0.4) is 0 Å². The van der Waals surface area contributed by atoms with Crippen molar-refractivity contribution in [3.8, 4) is 17.6 Å². The van der Waals surface area contributed by atoms with Crippen molar-refractivity contribution >= 4 is 28.3 Å². The Morgan fingerprint density at radius 3 is 2.91 bits per heavy atom. The van der Waals surface area contributed by atoms with Gasteiger partial charge in [0.15, 0.2) is 5.78 Å². The van der Waals surface area contributed by atoms with Gasteiger partial charge in [-0.25, -0.2) is 4.98 Å². The van der Waals surface area contributed by atoms with E-state index in [-0.39, 0.29) is 17.9 Å². The maximum atomic E-state index is 13.7. The van der Waals surface area contributed by atoms with Crippen molar-refractivity contribution in [2.45, 2.75) is 26.4 Å². The van der Waals surface area contributed by atoms with Crippen molar-refractivity contribution in [1.29, 1.82) is 0 Å². The summed E-state index contributed by atoms with van der Waals surface area (Å²) in [4.78, 5) is 33.5. The van der Waals surface area contributed by atoms with Crippen molar-refractivity contribution in [1.82, 2.24) is 19.4 Å². The Labute approximate surface area is 198 Å². The van der Waals surface area contributed by atoms with E-state index in [4.69, 9.17) is 4.74 Å². The van der Waals surface area contributed by atoms with Crippen molar-refractivity contribution in [3.05, 3.63) is 46.5 Å². The molecule has 0 saturated carbocycles. The number of nitrogens with one attached hydrogen (secondary N) is 2. The number of methoxy groups -OCH3 is 1. The Bertz CT molecular complexity index is 1310. The highest BCUT2D eigenvalue weighted by Gasteiger charge is 2.26. The number of carbonyl (C=O) groups excluding carboxylic acids is 1. The molecule has 0 radical (unpaired) electrons. The lowest BCUT2D eigenvalue weighted by Crippen LogP contribution is -2.31. The highest BCUT2D eigenvalue weighted by atomic mass is 16.5. The fourth-order valence-corrected chi connectivity index (χ4v) is 4.34.